The summed E-state index contributed by atoms with van der Waals surface area (Å²) < 4.78 is 24.4. The maximum Gasteiger partial charge on any atom is 0.224 e. The molecule has 0 saturated carbocycles. The Morgan fingerprint density at radius 3 is 2.52 bits per heavy atom. The molecular weight excluding hydrogens is 288 g/mol. The number of hydrogen-bond acceptors (Lipinski definition) is 3. The Morgan fingerprint density at radius 1 is 1.33 bits per heavy atom. The van der Waals surface area contributed by atoms with Crippen LogP contribution < -0.4 is 4.72 Å². The number of benzene rings is 1. The molecule has 0 aliphatic heterocycles. The van der Waals surface area contributed by atoms with E-state index in [0.29, 0.717) is 6.54 Å². The van der Waals surface area contributed by atoms with Gasteiger partial charge in [0.25, 0.3) is 0 Å². The first-order chi connectivity index (χ1) is 9.69. The normalized spacial score (nSPS) is 11.7. The lowest BCUT2D eigenvalue weighted by Gasteiger charge is -2.27. The second-order valence-corrected chi connectivity index (χ2v) is 7.35. The van der Waals surface area contributed by atoms with Crippen molar-refractivity contribution in [3.05, 3.63) is 35.4 Å². The number of sulfonamides is 1. The lowest BCUT2D eigenvalue weighted by atomic mass is 10.1. The summed E-state index contributed by atoms with van der Waals surface area (Å²) in [5.74, 6) is -0.0531. The molecule has 0 saturated heterocycles. The van der Waals surface area contributed by atoms with Gasteiger partial charge in [-0.25, -0.2) is 13.1 Å². The molecule has 1 aromatic carbocycles. The number of nitrogens with one attached hydrogen (secondary N) is 1. The lowest BCUT2D eigenvalue weighted by molar-refractivity contribution is -0.133. The molecule has 0 aliphatic carbocycles. The highest BCUT2D eigenvalue weighted by atomic mass is 32.2. The zero-order valence-corrected chi connectivity index (χ0v) is 13.9. The van der Waals surface area contributed by atoms with Crippen LogP contribution in [-0.4, -0.2) is 38.1 Å². The largest absolute Gasteiger partial charge is 0.336 e. The first kappa shape index (κ1) is 17.7. The zero-order chi connectivity index (χ0) is 16.0. The Hall–Kier alpha value is -1.40. The predicted octanol–water partition coefficient (Wildman–Crippen LogP) is 1.67. The summed E-state index contributed by atoms with van der Waals surface area (Å²) in [5, 5.41) is 0. The van der Waals surface area contributed by atoms with E-state index in [9.17, 15) is 13.2 Å². The van der Waals surface area contributed by atoms with E-state index in [4.69, 9.17) is 0 Å². The van der Waals surface area contributed by atoms with Crippen molar-refractivity contribution in [1.29, 1.82) is 0 Å². The minimum absolute atomic E-state index is 0.0531. The molecule has 0 aliphatic rings. The van der Waals surface area contributed by atoms with E-state index in [-0.39, 0.29) is 24.9 Å². The average molecular weight is 312 g/mol. The first-order valence-electron chi connectivity index (χ1n) is 6.98. The fraction of sp³-hybridized carbons (Fsp3) is 0.533. The summed E-state index contributed by atoms with van der Waals surface area (Å²) in [6.07, 6.45) is 1.25. The van der Waals surface area contributed by atoms with Gasteiger partial charge in [0.15, 0.2) is 0 Å². The third kappa shape index (κ3) is 6.73. The molecule has 0 radical (unpaired) electrons. The van der Waals surface area contributed by atoms with Crippen molar-refractivity contribution in [2.24, 2.45) is 0 Å². The van der Waals surface area contributed by atoms with E-state index < -0.39 is 10.0 Å². The van der Waals surface area contributed by atoms with E-state index >= 15 is 0 Å². The Kier molecular flexibility index (Phi) is 6.36. The molecule has 0 unspecified atom stereocenters. The molecular formula is C15H24N2O3S. The highest BCUT2D eigenvalue weighted by molar-refractivity contribution is 7.88. The number of aryl methyl sites for hydroxylation is 1. The molecule has 0 aromatic heterocycles. The van der Waals surface area contributed by atoms with E-state index in [1.807, 2.05) is 39.0 Å². The molecule has 1 aromatic rings. The van der Waals surface area contributed by atoms with Crippen molar-refractivity contribution < 1.29 is 13.2 Å². The third-order valence-electron chi connectivity index (χ3n) is 3.08. The molecule has 6 heteroatoms. The molecule has 5 nitrogen and oxygen atoms in total. The molecule has 0 bridgehead atoms. The topological polar surface area (TPSA) is 66.5 Å². The maximum absolute atomic E-state index is 12.3. The van der Waals surface area contributed by atoms with Crippen LogP contribution in [0.3, 0.4) is 0 Å². The van der Waals surface area contributed by atoms with Crippen molar-refractivity contribution in [2.45, 2.75) is 39.8 Å². The Morgan fingerprint density at radius 2 is 2.00 bits per heavy atom. The van der Waals surface area contributed by atoms with Crippen molar-refractivity contribution in [3.63, 3.8) is 0 Å². The summed E-state index contributed by atoms with van der Waals surface area (Å²) in [5.41, 5.74) is 2.23. The van der Waals surface area contributed by atoms with Gasteiger partial charge < -0.3 is 4.90 Å². The lowest BCUT2D eigenvalue weighted by Crippen LogP contribution is -2.38. The van der Waals surface area contributed by atoms with Gasteiger partial charge in [0.05, 0.1) is 6.26 Å². The number of carbonyl (C=O) groups excluding carboxylic acids is 1. The van der Waals surface area contributed by atoms with Gasteiger partial charge in [0, 0.05) is 25.6 Å². The minimum Gasteiger partial charge on any atom is -0.336 e. The molecule has 21 heavy (non-hydrogen) atoms. The van der Waals surface area contributed by atoms with Gasteiger partial charge in [-0.1, -0.05) is 29.8 Å². The van der Waals surface area contributed by atoms with Gasteiger partial charge in [-0.05, 0) is 26.3 Å². The van der Waals surface area contributed by atoms with Crippen molar-refractivity contribution in [2.75, 3.05) is 12.8 Å². The highest BCUT2D eigenvalue weighted by Gasteiger charge is 2.17. The van der Waals surface area contributed by atoms with E-state index in [2.05, 4.69) is 10.8 Å². The Bertz CT molecular complexity index is 582. The van der Waals surface area contributed by atoms with Crippen LogP contribution in [0.2, 0.25) is 0 Å². The summed E-state index contributed by atoms with van der Waals surface area (Å²) in [6, 6.07) is 8.10. The highest BCUT2D eigenvalue weighted by Crippen LogP contribution is 2.11. The van der Waals surface area contributed by atoms with Gasteiger partial charge in [0.2, 0.25) is 15.9 Å². The molecule has 118 valence electrons. The summed E-state index contributed by atoms with van der Waals surface area (Å²) >= 11 is 0. The second kappa shape index (κ2) is 7.56. The van der Waals surface area contributed by atoms with Gasteiger partial charge >= 0.3 is 0 Å². The summed E-state index contributed by atoms with van der Waals surface area (Å²) in [6.45, 7) is 6.60. The maximum atomic E-state index is 12.3. The second-order valence-electron chi connectivity index (χ2n) is 5.52. The Balaban J connectivity index is 2.66. The summed E-state index contributed by atoms with van der Waals surface area (Å²) in [7, 11) is -3.25. The predicted molar refractivity (Wildman–Crippen MR) is 84.3 cm³/mol. The third-order valence-corrected chi connectivity index (χ3v) is 3.81. The molecule has 0 spiro atoms. The van der Waals surface area contributed by atoms with Crippen LogP contribution in [0.25, 0.3) is 0 Å². The van der Waals surface area contributed by atoms with Gasteiger partial charge in [-0.15, -0.1) is 0 Å². The number of carbonyl (C=O) groups is 1. The van der Waals surface area contributed by atoms with Crippen LogP contribution in [0.1, 0.15) is 31.4 Å². The molecule has 1 amide bonds. The average Bonchev–Trinajstić information content (AvgIpc) is 2.34. The van der Waals surface area contributed by atoms with Gasteiger partial charge in [0.1, 0.15) is 0 Å². The van der Waals surface area contributed by atoms with Gasteiger partial charge in [-0.3, -0.25) is 4.79 Å². The minimum atomic E-state index is -3.25. The first-order valence-corrected chi connectivity index (χ1v) is 8.88. The van der Waals surface area contributed by atoms with Crippen LogP contribution >= 0.6 is 0 Å². The Labute approximate surface area is 127 Å². The van der Waals surface area contributed by atoms with Crippen molar-refractivity contribution in [3.8, 4) is 0 Å². The van der Waals surface area contributed by atoms with E-state index in [0.717, 1.165) is 17.4 Å². The number of nitrogens with zero attached hydrogens (tertiary/aromatic N) is 1. The van der Waals surface area contributed by atoms with Crippen LogP contribution in [0.15, 0.2) is 24.3 Å². The van der Waals surface area contributed by atoms with Gasteiger partial charge in [-0.2, -0.15) is 0 Å². The molecule has 1 rings (SSSR count). The molecule has 1 N–H and O–H groups in total. The van der Waals surface area contributed by atoms with E-state index in [1.165, 1.54) is 0 Å². The monoisotopic (exact) mass is 312 g/mol. The van der Waals surface area contributed by atoms with Crippen molar-refractivity contribution in [1.82, 2.24) is 9.62 Å². The molecule has 0 fully saturated rings. The summed E-state index contributed by atoms with van der Waals surface area (Å²) in [4.78, 5) is 14.0. The number of hydrogen-bond donors (Lipinski definition) is 1. The fourth-order valence-electron chi connectivity index (χ4n) is 2.05. The fourth-order valence-corrected chi connectivity index (χ4v) is 2.53. The van der Waals surface area contributed by atoms with Crippen molar-refractivity contribution >= 4 is 15.9 Å². The quantitative estimate of drug-likeness (QED) is 0.833. The van der Waals surface area contributed by atoms with Crippen LogP contribution in [0.5, 0.6) is 0 Å². The number of amides is 1. The van der Waals surface area contributed by atoms with Crippen LogP contribution in [0, 0.1) is 6.92 Å². The number of rotatable bonds is 7. The van der Waals surface area contributed by atoms with Crippen LogP contribution in [-0.2, 0) is 21.4 Å². The standard InChI is InChI=1S/C15H24N2O3S/c1-12(2)17(11-14-7-5-6-13(3)10-14)15(18)8-9-16-21(4,19)20/h5-7,10,12,16H,8-9,11H2,1-4H3. The molecule has 0 atom stereocenters. The van der Waals surface area contributed by atoms with E-state index in [1.54, 1.807) is 4.90 Å². The zero-order valence-electron chi connectivity index (χ0n) is 13.1. The van der Waals surface area contributed by atoms with Crippen LogP contribution in [0.4, 0.5) is 0 Å². The smallest absolute Gasteiger partial charge is 0.224 e. The molecule has 0 heterocycles. The SMILES string of the molecule is Cc1cccc(CN(C(=O)CCNS(C)(=O)=O)C(C)C)c1.